The van der Waals surface area contributed by atoms with E-state index in [0.717, 1.165) is 16.5 Å². The summed E-state index contributed by atoms with van der Waals surface area (Å²) in [5.41, 5.74) is 2.67. The molecule has 0 bridgehead atoms. The molecule has 130 valence electrons. The molecule has 2 aromatic heterocycles. The maximum absolute atomic E-state index is 13.0. The van der Waals surface area contributed by atoms with Crippen LogP contribution in [0.15, 0.2) is 67.4 Å². The van der Waals surface area contributed by atoms with Crippen molar-refractivity contribution in [2.45, 2.75) is 17.9 Å². The summed E-state index contributed by atoms with van der Waals surface area (Å²) in [5, 5.41) is 9.23. The van der Waals surface area contributed by atoms with E-state index in [0.29, 0.717) is 28.0 Å². The van der Waals surface area contributed by atoms with E-state index in [9.17, 15) is 9.18 Å². The average Bonchev–Trinajstić information content (AvgIpc) is 3.08. The largest absolute Gasteiger partial charge is 0.423 e. The number of hydrogen-bond acceptors (Lipinski definition) is 6. The van der Waals surface area contributed by atoms with Gasteiger partial charge in [-0.1, -0.05) is 23.9 Å². The van der Waals surface area contributed by atoms with E-state index in [1.165, 1.54) is 30.0 Å². The van der Waals surface area contributed by atoms with E-state index >= 15 is 0 Å². The summed E-state index contributed by atoms with van der Waals surface area (Å²) in [4.78, 5) is 11.8. The number of aryl methyl sites for hydroxylation is 1. The number of hydrogen-bond donors (Lipinski definition) is 0. The van der Waals surface area contributed by atoms with Gasteiger partial charge in [0.2, 0.25) is 5.89 Å². The summed E-state index contributed by atoms with van der Waals surface area (Å²) in [6.07, 6.45) is 0. The molecule has 0 N–H and O–H groups in total. The van der Waals surface area contributed by atoms with Gasteiger partial charge >= 0.3 is 5.63 Å². The Morgan fingerprint density at radius 2 is 1.85 bits per heavy atom. The fraction of sp³-hybridized carbons (Fsp3) is 0.105. The first-order valence-electron chi connectivity index (χ1n) is 7.84. The summed E-state index contributed by atoms with van der Waals surface area (Å²) in [5.74, 6) is 0.476. The first-order chi connectivity index (χ1) is 12.6. The minimum absolute atomic E-state index is 0.320. The fourth-order valence-electron chi connectivity index (χ4n) is 2.57. The lowest BCUT2D eigenvalue weighted by Gasteiger charge is -2.04. The van der Waals surface area contributed by atoms with Gasteiger partial charge in [0.25, 0.3) is 5.22 Å². The van der Waals surface area contributed by atoms with Crippen molar-refractivity contribution in [3.8, 4) is 11.5 Å². The van der Waals surface area contributed by atoms with Crippen molar-refractivity contribution in [3.63, 3.8) is 0 Å². The lowest BCUT2D eigenvalue weighted by atomic mass is 10.1. The second kappa shape index (κ2) is 6.76. The molecule has 0 spiro atoms. The van der Waals surface area contributed by atoms with Gasteiger partial charge in [0.05, 0.1) is 0 Å². The van der Waals surface area contributed by atoms with Gasteiger partial charge in [-0.05, 0) is 48.4 Å². The van der Waals surface area contributed by atoms with Crippen molar-refractivity contribution in [1.29, 1.82) is 0 Å². The highest BCUT2D eigenvalue weighted by Crippen LogP contribution is 2.28. The highest BCUT2D eigenvalue weighted by atomic mass is 32.2. The van der Waals surface area contributed by atoms with Crippen LogP contribution in [0.5, 0.6) is 0 Å². The molecule has 0 amide bonds. The Morgan fingerprint density at radius 1 is 1.04 bits per heavy atom. The van der Waals surface area contributed by atoms with Crippen molar-refractivity contribution in [3.05, 3.63) is 75.9 Å². The highest BCUT2D eigenvalue weighted by Gasteiger charge is 2.12. The molecule has 0 aliphatic rings. The van der Waals surface area contributed by atoms with Crippen LogP contribution in [-0.4, -0.2) is 10.2 Å². The molecule has 2 heterocycles. The van der Waals surface area contributed by atoms with Gasteiger partial charge in [-0.3, -0.25) is 0 Å². The number of thioether (sulfide) groups is 1. The summed E-state index contributed by atoms with van der Waals surface area (Å²) >= 11 is 1.33. The van der Waals surface area contributed by atoms with E-state index in [4.69, 9.17) is 8.83 Å². The van der Waals surface area contributed by atoms with Crippen molar-refractivity contribution in [1.82, 2.24) is 10.2 Å². The molecule has 7 heteroatoms. The van der Waals surface area contributed by atoms with Crippen molar-refractivity contribution >= 4 is 22.7 Å². The molecule has 0 atom stereocenters. The van der Waals surface area contributed by atoms with Crippen molar-refractivity contribution < 1.29 is 13.2 Å². The minimum atomic E-state index is -0.392. The van der Waals surface area contributed by atoms with Crippen LogP contribution >= 0.6 is 11.8 Å². The zero-order valence-corrected chi connectivity index (χ0v) is 14.5. The molecule has 0 aliphatic carbocycles. The van der Waals surface area contributed by atoms with Crippen LogP contribution < -0.4 is 5.63 Å². The summed E-state index contributed by atoms with van der Waals surface area (Å²) in [6.45, 7) is 1.94. The zero-order valence-electron chi connectivity index (χ0n) is 13.7. The van der Waals surface area contributed by atoms with E-state index < -0.39 is 5.63 Å². The maximum atomic E-state index is 13.0. The Morgan fingerprint density at radius 3 is 2.65 bits per heavy atom. The van der Waals surface area contributed by atoms with Crippen LogP contribution in [0, 0.1) is 12.7 Å². The molecule has 0 saturated carbocycles. The first-order valence-corrected chi connectivity index (χ1v) is 8.83. The monoisotopic (exact) mass is 368 g/mol. The second-order valence-electron chi connectivity index (χ2n) is 5.76. The van der Waals surface area contributed by atoms with Crippen LogP contribution in [0.4, 0.5) is 4.39 Å². The topological polar surface area (TPSA) is 69.1 Å². The normalized spacial score (nSPS) is 11.2. The third-order valence-corrected chi connectivity index (χ3v) is 4.70. The third-order valence-electron chi connectivity index (χ3n) is 3.83. The molecule has 0 unspecified atom stereocenters. The quantitative estimate of drug-likeness (QED) is 0.388. The predicted molar refractivity (Wildman–Crippen MR) is 96.5 cm³/mol. The standard InChI is InChI=1S/C19H13FN2O3S/c1-11-2-7-15-13(9-17(23)24-16(15)8-11)10-26-19-22-21-18(25-19)12-3-5-14(20)6-4-12/h2-9H,10H2,1H3. The van der Waals surface area contributed by atoms with Gasteiger partial charge in [0.15, 0.2) is 0 Å². The molecule has 0 radical (unpaired) electrons. The molecule has 26 heavy (non-hydrogen) atoms. The number of benzene rings is 2. The van der Waals surface area contributed by atoms with Gasteiger partial charge in [-0.2, -0.15) is 0 Å². The average molecular weight is 368 g/mol. The maximum Gasteiger partial charge on any atom is 0.336 e. The summed E-state index contributed by atoms with van der Waals surface area (Å²) < 4.78 is 23.9. The third kappa shape index (κ3) is 3.39. The molecule has 4 rings (SSSR count). The lowest BCUT2D eigenvalue weighted by Crippen LogP contribution is -2.00. The van der Waals surface area contributed by atoms with Crippen molar-refractivity contribution in [2.75, 3.05) is 0 Å². The molecule has 4 aromatic rings. The number of halogens is 1. The number of fused-ring (bicyclic) bond motifs is 1. The highest BCUT2D eigenvalue weighted by molar-refractivity contribution is 7.98. The van der Waals surface area contributed by atoms with Gasteiger partial charge in [0, 0.05) is 22.8 Å². The SMILES string of the molecule is Cc1ccc2c(CSc3nnc(-c4ccc(F)cc4)o3)cc(=O)oc2c1. The molecule has 2 aromatic carbocycles. The van der Waals surface area contributed by atoms with Crippen LogP contribution in [0.25, 0.3) is 22.4 Å². The first kappa shape index (κ1) is 16.5. The number of nitrogens with zero attached hydrogens (tertiary/aromatic N) is 2. The summed E-state index contributed by atoms with van der Waals surface area (Å²) in [6, 6.07) is 13.0. The minimum Gasteiger partial charge on any atom is -0.423 e. The zero-order chi connectivity index (χ0) is 18.1. The van der Waals surface area contributed by atoms with Crippen LogP contribution in [0.2, 0.25) is 0 Å². The lowest BCUT2D eigenvalue weighted by molar-refractivity contribution is 0.465. The molecule has 0 saturated heterocycles. The van der Waals surface area contributed by atoms with E-state index in [-0.39, 0.29) is 5.82 Å². The molecule has 5 nitrogen and oxygen atoms in total. The molecular weight excluding hydrogens is 355 g/mol. The van der Waals surface area contributed by atoms with E-state index in [1.807, 2.05) is 25.1 Å². The van der Waals surface area contributed by atoms with Gasteiger partial charge in [-0.15, -0.1) is 10.2 Å². The Balaban J connectivity index is 1.57. The Bertz CT molecular complexity index is 1140. The molecule has 0 aliphatic heterocycles. The van der Waals surface area contributed by atoms with Crippen LogP contribution in [0.1, 0.15) is 11.1 Å². The Kier molecular flexibility index (Phi) is 4.30. The van der Waals surface area contributed by atoms with E-state index in [1.54, 1.807) is 12.1 Å². The van der Waals surface area contributed by atoms with Crippen molar-refractivity contribution in [2.24, 2.45) is 0 Å². The van der Waals surface area contributed by atoms with Crippen LogP contribution in [0.3, 0.4) is 0 Å². The molecular formula is C19H13FN2O3S. The van der Waals surface area contributed by atoms with Gasteiger partial charge in [-0.25, -0.2) is 9.18 Å². The molecule has 0 fully saturated rings. The Labute approximate surface area is 151 Å². The predicted octanol–water partition coefficient (Wildman–Crippen LogP) is 4.58. The number of aromatic nitrogens is 2. The van der Waals surface area contributed by atoms with Gasteiger partial charge in [0.1, 0.15) is 11.4 Å². The number of rotatable bonds is 4. The Hall–Kier alpha value is -2.93. The summed E-state index contributed by atoms with van der Waals surface area (Å²) in [7, 11) is 0. The van der Waals surface area contributed by atoms with Crippen LogP contribution in [-0.2, 0) is 5.75 Å². The smallest absolute Gasteiger partial charge is 0.336 e. The second-order valence-corrected chi connectivity index (χ2v) is 6.69. The van der Waals surface area contributed by atoms with E-state index in [2.05, 4.69) is 10.2 Å². The fourth-order valence-corrected chi connectivity index (χ4v) is 3.33. The van der Waals surface area contributed by atoms with Gasteiger partial charge < -0.3 is 8.83 Å².